The number of hydrogen-bond acceptors (Lipinski definition) is 1. The molecule has 0 N–H and O–H groups in total. The van der Waals surface area contributed by atoms with Gasteiger partial charge in [-0.15, -0.1) is 0 Å². The Morgan fingerprint density at radius 1 is 1.46 bits per heavy atom. The lowest BCUT2D eigenvalue weighted by Gasteiger charge is -2.14. The van der Waals surface area contributed by atoms with E-state index in [0.717, 1.165) is 0 Å². The van der Waals surface area contributed by atoms with Gasteiger partial charge in [-0.3, -0.25) is 0 Å². The first kappa shape index (κ1) is 9.01. The minimum atomic E-state index is 0.619. The molecular weight excluding hydrogens is 182 g/mol. The molecule has 0 unspecified atom stereocenters. The third-order valence-electron chi connectivity index (χ3n) is 2.86. The van der Waals surface area contributed by atoms with Crippen molar-refractivity contribution in [3.63, 3.8) is 0 Å². The van der Waals surface area contributed by atoms with Crippen molar-refractivity contribution in [1.29, 1.82) is 0 Å². The lowest BCUT2D eigenvalue weighted by Crippen LogP contribution is -2.04. The Balaban J connectivity index is 2.40. The number of fused-ring (bicyclic) bond motifs is 1. The van der Waals surface area contributed by atoms with Crippen LogP contribution in [0, 0.1) is 5.92 Å². The lowest BCUT2D eigenvalue weighted by atomic mass is 9.93. The number of aromatic nitrogens is 1. The van der Waals surface area contributed by atoms with Crippen LogP contribution in [0.4, 0.5) is 0 Å². The molecular formula is C11H14ClN. The summed E-state index contributed by atoms with van der Waals surface area (Å²) in [6, 6.07) is 4.01. The van der Waals surface area contributed by atoms with Crippen molar-refractivity contribution >= 4 is 11.6 Å². The molecule has 0 aliphatic heterocycles. The number of nitrogens with zero attached hydrogens (tertiary/aromatic N) is 1. The average Bonchev–Trinajstić information content (AvgIpc) is 2.46. The molecule has 0 bridgehead atoms. The molecule has 1 heterocycles. The van der Waals surface area contributed by atoms with Gasteiger partial charge in [0.1, 0.15) is 5.15 Å². The second-order valence-corrected chi connectivity index (χ2v) is 4.45. The number of aryl methyl sites for hydroxylation is 1. The van der Waals surface area contributed by atoms with Crippen molar-refractivity contribution in [2.24, 2.45) is 5.92 Å². The number of rotatable bonds is 1. The van der Waals surface area contributed by atoms with E-state index >= 15 is 0 Å². The highest BCUT2D eigenvalue weighted by molar-refractivity contribution is 6.29. The van der Waals surface area contributed by atoms with E-state index in [2.05, 4.69) is 24.9 Å². The van der Waals surface area contributed by atoms with E-state index in [4.69, 9.17) is 11.6 Å². The second-order valence-electron chi connectivity index (χ2n) is 4.07. The van der Waals surface area contributed by atoms with Gasteiger partial charge in [0.2, 0.25) is 0 Å². The standard InChI is InChI=1S/C11H14ClN/c1-7(2)9-5-3-8-4-6-10(12)13-11(8)9/h4,6-7,9H,3,5H2,1-2H3/t9-/m1/s1. The summed E-state index contributed by atoms with van der Waals surface area (Å²) < 4.78 is 0. The molecule has 0 saturated carbocycles. The molecule has 1 aliphatic rings. The average molecular weight is 196 g/mol. The van der Waals surface area contributed by atoms with Gasteiger partial charge in [0.15, 0.2) is 0 Å². The van der Waals surface area contributed by atoms with E-state index in [-0.39, 0.29) is 0 Å². The Labute approximate surface area is 84.1 Å². The first-order chi connectivity index (χ1) is 6.18. The highest BCUT2D eigenvalue weighted by Gasteiger charge is 2.26. The van der Waals surface area contributed by atoms with E-state index in [9.17, 15) is 0 Å². The maximum atomic E-state index is 5.88. The van der Waals surface area contributed by atoms with Gasteiger partial charge in [0, 0.05) is 11.6 Å². The Hall–Kier alpha value is -0.560. The summed E-state index contributed by atoms with van der Waals surface area (Å²) >= 11 is 5.88. The fourth-order valence-electron chi connectivity index (χ4n) is 2.11. The molecule has 0 amide bonds. The third kappa shape index (κ3) is 1.58. The van der Waals surface area contributed by atoms with E-state index in [1.165, 1.54) is 24.1 Å². The normalized spacial score (nSPS) is 20.8. The monoisotopic (exact) mass is 195 g/mol. The number of halogens is 1. The first-order valence-corrected chi connectivity index (χ1v) is 5.21. The molecule has 1 aliphatic carbocycles. The van der Waals surface area contributed by atoms with E-state index in [1.54, 1.807) is 0 Å². The zero-order valence-corrected chi connectivity index (χ0v) is 8.80. The molecule has 70 valence electrons. The van der Waals surface area contributed by atoms with Gasteiger partial charge in [-0.25, -0.2) is 4.98 Å². The van der Waals surface area contributed by atoms with Crippen molar-refractivity contribution in [3.05, 3.63) is 28.5 Å². The highest BCUT2D eigenvalue weighted by atomic mass is 35.5. The lowest BCUT2D eigenvalue weighted by molar-refractivity contribution is 0.487. The van der Waals surface area contributed by atoms with Gasteiger partial charge < -0.3 is 0 Å². The fraction of sp³-hybridized carbons (Fsp3) is 0.545. The predicted octanol–water partition coefficient (Wildman–Crippen LogP) is 3.42. The Morgan fingerprint density at radius 2 is 2.23 bits per heavy atom. The molecule has 2 heteroatoms. The largest absolute Gasteiger partial charge is 0.241 e. The summed E-state index contributed by atoms with van der Waals surface area (Å²) in [5.41, 5.74) is 2.63. The van der Waals surface area contributed by atoms with Gasteiger partial charge in [-0.1, -0.05) is 31.5 Å². The smallest absolute Gasteiger partial charge is 0.129 e. The molecule has 0 aromatic carbocycles. The SMILES string of the molecule is CC(C)[C@H]1CCc2ccc(Cl)nc21. The van der Waals surface area contributed by atoms with E-state index < -0.39 is 0 Å². The van der Waals surface area contributed by atoms with Crippen molar-refractivity contribution in [3.8, 4) is 0 Å². The van der Waals surface area contributed by atoms with Crippen molar-refractivity contribution < 1.29 is 0 Å². The summed E-state index contributed by atoms with van der Waals surface area (Å²) in [6.07, 6.45) is 2.41. The molecule has 1 atom stereocenters. The molecule has 13 heavy (non-hydrogen) atoms. The maximum Gasteiger partial charge on any atom is 0.129 e. The Morgan fingerprint density at radius 3 is 2.92 bits per heavy atom. The Kier molecular flexibility index (Phi) is 2.29. The van der Waals surface area contributed by atoms with E-state index in [1.807, 2.05) is 6.07 Å². The Bertz CT molecular complexity index is 320. The van der Waals surface area contributed by atoms with Gasteiger partial charge in [-0.05, 0) is 30.4 Å². The fourth-order valence-corrected chi connectivity index (χ4v) is 2.26. The van der Waals surface area contributed by atoms with Crippen molar-refractivity contribution in [1.82, 2.24) is 4.98 Å². The van der Waals surface area contributed by atoms with Crippen LogP contribution in [0.1, 0.15) is 37.4 Å². The van der Waals surface area contributed by atoms with Crippen molar-refractivity contribution in [2.75, 3.05) is 0 Å². The van der Waals surface area contributed by atoms with Gasteiger partial charge in [0.25, 0.3) is 0 Å². The third-order valence-corrected chi connectivity index (χ3v) is 3.07. The first-order valence-electron chi connectivity index (χ1n) is 4.84. The molecule has 0 spiro atoms. The van der Waals surface area contributed by atoms with Gasteiger partial charge in [0.05, 0.1) is 0 Å². The van der Waals surface area contributed by atoms with Crippen LogP contribution in [0.2, 0.25) is 5.15 Å². The van der Waals surface area contributed by atoms with Crippen molar-refractivity contribution in [2.45, 2.75) is 32.6 Å². The molecule has 1 nitrogen and oxygen atoms in total. The summed E-state index contributed by atoms with van der Waals surface area (Å²) in [6.45, 7) is 4.50. The molecule has 0 saturated heterocycles. The second kappa shape index (κ2) is 3.30. The predicted molar refractivity (Wildman–Crippen MR) is 55.1 cm³/mol. The van der Waals surface area contributed by atoms with E-state index in [0.29, 0.717) is 17.0 Å². The maximum absolute atomic E-state index is 5.88. The molecule has 2 rings (SSSR count). The summed E-state index contributed by atoms with van der Waals surface area (Å²) in [7, 11) is 0. The van der Waals surface area contributed by atoms with Gasteiger partial charge >= 0.3 is 0 Å². The minimum absolute atomic E-state index is 0.619. The molecule has 1 aromatic rings. The number of pyridine rings is 1. The number of hydrogen-bond donors (Lipinski definition) is 0. The van der Waals surface area contributed by atoms with Crippen LogP contribution >= 0.6 is 11.6 Å². The van der Waals surface area contributed by atoms with Crippen LogP contribution < -0.4 is 0 Å². The van der Waals surface area contributed by atoms with Crippen LogP contribution in [-0.2, 0) is 6.42 Å². The van der Waals surface area contributed by atoms with Crippen LogP contribution in [0.25, 0.3) is 0 Å². The van der Waals surface area contributed by atoms with Gasteiger partial charge in [-0.2, -0.15) is 0 Å². The van der Waals surface area contributed by atoms with Crippen LogP contribution in [0.5, 0.6) is 0 Å². The summed E-state index contributed by atoms with van der Waals surface area (Å²) in [4.78, 5) is 4.42. The quantitative estimate of drug-likeness (QED) is 0.626. The van der Waals surface area contributed by atoms with Crippen LogP contribution in [0.15, 0.2) is 12.1 Å². The molecule has 1 aromatic heterocycles. The highest BCUT2D eigenvalue weighted by Crippen LogP contribution is 2.37. The topological polar surface area (TPSA) is 12.9 Å². The minimum Gasteiger partial charge on any atom is -0.241 e. The summed E-state index contributed by atoms with van der Waals surface area (Å²) in [5, 5.41) is 0.631. The molecule has 0 radical (unpaired) electrons. The molecule has 0 fully saturated rings. The van der Waals surface area contributed by atoms with Crippen LogP contribution in [-0.4, -0.2) is 4.98 Å². The summed E-state index contributed by atoms with van der Waals surface area (Å²) in [5.74, 6) is 1.29. The van der Waals surface area contributed by atoms with Crippen LogP contribution in [0.3, 0.4) is 0 Å². The zero-order valence-electron chi connectivity index (χ0n) is 8.05. The zero-order chi connectivity index (χ0) is 9.42.